The Bertz CT molecular complexity index is 619. The zero-order valence-electron chi connectivity index (χ0n) is 12.5. The van der Waals surface area contributed by atoms with Crippen molar-refractivity contribution in [2.24, 2.45) is 11.1 Å². The Morgan fingerprint density at radius 3 is 2.86 bits per heavy atom. The number of para-hydroxylation sites is 1. The number of H-pyrrole nitrogens is 1. The molecule has 5 N–H and O–H groups in total. The van der Waals surface area contributed by atoms with Crippen LogP contribution in [0.15, 0.2) is 30.5 Å². The minimum absolute atomic E-state index is 0.0188. The zero-order valence-corrected chi connectivity index (χ0v) is 12.5. The molecule has 2 rings (SSSR count). The highest BCUT2D eigenvalue weighted by molar-refractivity contribution is 5.86. The second kappa shape index (κ2) is 6.28. The van der Waals surface area contributed by atoms with Gasteiger partial charge >= 0.3 is 0 Å². The number of carbonyl (C=O) groups excluding carboxylic acids is 1. The molecule has 2 aromatic rings. The first-order valence-corrected chi connectivity index (χ1v) is 7.12. The van der Waals surface area contributed by atoms with Crippen LogP contribution in [0.25, 0.3) is 10.9 Å². The molecule has 5 heteroatoms. The van der Waals surface area contributed by atoms with Crippen molar-refractivity contribution in [2.45, 2.75) is 26.3 Å². The predicted molar refractivity (Wildman–Crippen MR) is 83.9 cm³/mol. The third-order valence-electron chi connectivity index (χ3n) is 3.62. The smallest absolute Gasteiger partial charge is 0.237 e. The SMILES string of the molecule is CC(C)(CO)CNC(=O)C(N)Cc1c[nH]c2ccccc12. The summed E-state index contributed by atoms with van der Waals surface area (Å²) in [7, 11) is 0. The van der Waals surface area contributed by atoms with Crippen molar-refractivity contribution in [3.63, 3.8) is 0 Å². The number of aromatic nitrogens is 1. The summed E-state index contributed by atoms with van der Waals surface area (Å²) >= 11 is 0. The maximum Gasteiger partial charge on any atom is 0.237 e. The van der Waals surface area contributed by atoms with Crippen LogP contribution >= 0.6 is 0 Å². The van der Waals surface area contributed by atoms with Gasteiger partial charge < -0.3 is 21.1 Å². The lowest BCUT2D eigenvalue weighted by atomic mass is 9.95. The van der Waals surface area contributed by atoms with Gasteiger partial charge in [-0.3, -0.25) is 4.79 Å². The number of benzene rings is 1. The topological polar surface area (TPSA) is 91.1 Å². The van der Waals surface area contributed by atoms with E-state index in [-0.39, 0.29) is 17.9 Å². The van der Waals surface area contributed by atoms with Gasteiger partial charge in [0.05, 0.1) is 6.04 Å². The second-order valence-electron chi connectivity index (χ2n) is 6.21. The molecule has 0 spiro atoms. The number of hydrogen-bond acceptors (Lipinski definition) is 3. The number of fused-ring (bicyclic) bond motifs is 1. The highest BCUT2D eigenvalue weighted by Gasteiger charge is 2.21. The molecule has 1 atom stereocenters. The molecule has 5 nitrogen and oxygen atoms in total. The molecule has 0 aliphatic heterocycles. The molecule has 21 heavy (non-hydrogen) atoms. The van der Waals surface area contributed by atoms with Crippen molar-refractivity contribution >= 4 is 16.8 Å². The Labute approximate surface area is 124 Å². The lowest BCUT2D eigenvalue weighted by Gasteiger charge is -2.23. The Kier molecular flexibility index (Phi) is 4.65. The summed E-state index contributed by atoms with van der Waals surface area (Å²) in [6, 6.07) is 7.34. The average molecular weight is 289 g/mol. The molecule has 0 saturated carbocycles. The first-order valence-electron chi connectivity index (χ1n) is 7.12. The maximum absolute atomic E-state index is 12.0. The highest BCUT2D eigenvalue weighted by atomic mass is 16.3. The van der Waals surface area contributed by atoms with Crippen LogP contribution in [-0.2, 0) is 11.2 Å². The molecule has 1 heterocycles. The Morgan fingerprint density at radius 1 is 1.43 bits per heavy atom. The molecule has 0 radical (unpaired) electrons. The van der Waals surface area contributed by atoms with Crippen LogP contribution < -0.4 is 11.1 Å². The van der Waals surface area contributed by atoms with Crippen molar-refractivity contribution in [1.29, 1.82) is 0 Å². The summed E-state index contributed by atoms with van der Waals surface area (Å²) in [4.78, 5) is 15.2. The monoisotopic (exact) mass is 289 g/mol. The Hall–Kier alpha value is -1.85. The van der Waals surface area contributed by atoms with Gasteiger partial charge in [0.15, 0.2) is 0 Å². The van der Waals surface area contributed by atoms with E-state index in [2.05, 4.69) is 10.3 Å². The molecule has 0 saturated heterocycles. The number of hydrogen-bond donors (Lipinski definition) is 4. The minimum atomic E-state index is -0.598. The fourth-order valence-electron chi connectivity index (χ4n) is 2.14. The van der Waals surface area contributed by atoms with Gasteiger partial charge in [0.2, 0.25) is 5.91 Å². The number of rotatable bonds is 6. The van der Waals surface area contributed by atoms with Gasteiger partial charge in [0.1, 0.15) is 0 Å². The summed E-state index contributed by atoms with van der Waals surface area (Å²) in [6.07, 6.45) is 2.38. The van der Waals surface area contributed by atoms with Gasteiger partial charge in [-0.2, -0.15) is 0 Å². The largest absolute Gasteiger partial charge is 0.396 e. The van der Waals surface area contributed by atoms with Crippen LogP contribution in [0.5, 0.6) is 0 Å². The van der Waals surface area contributed by atoms with Crippen molar-refractivity contribution in [2.75, 3.05) is 13.2 Å². The van der Waals surface area contributed by atoms with Crippen molar-refractivity contribution in [1.82, 2.24) is 10.3 Å². The molecule has 114 valence electrons. The lowest BCUT2D eigenvalue weighted by Crippen LogP contribution is -2.45. The van der Waals surface area contributed by atoms with E-state index in [9.17, 15) is 9.90 Å². The third-order valence-corrected chi connectivity index (χ3v) is 3.62. The zero-order chi connectivity index (χ0) is 15.5. The van der Waals surface area contributed by atoms with Crippen LogP contribution in [0.3, 0.4) is 0 Å². The summed E-state index contributed by atoms with van der Waals surface area (Å²) < 4.78 is 0. The molecule has 0 aliphatic carbocycles. The number of aliphatic hydroxyl groups is 1. The minimum Gasteiger partial charge on any atom is -0.396 e. The highest BCUT2D eigenvalue weighted by Crippen LogP contribution is 2.19. The lowest BCUT2D eigenvalue weighted by molar-refractivity contribution is -0.122. The molecule has 0 aliphatic rings. The van der Waals surface area contributed by atoms with E-state index in [0.717, 1.165) is 16.5 Å². The first-order chi connectivity index (χ1) is 9.93. The number of aromatic amines is 1. The third kappa shape index (κ3) is 3.83. The summed E-state index contributed by atoms with van der Waals surface area (Å²) in [5.74, 6) is -0.193. The van der Waals surface area contributed by atoms with E-state index >= 15 is 0 Å². The molecule has 0 fully saturated rings. The van der Waals surface area contributed by atoms with E-state index in [1.165, 1.54) is 0 Å². The van der Waals surface area contributed by atoms with Crippen molar-refractivity contribution < 1.29 is 9.90 Å². The van der Waals surface area contributed by atoms with Gasteiger partial charge in [-0.1, -0.05) is 32.0 Å². The van der Waals surface area contributed by atoms with Gasteiger partial charge in [0, 0.05) is 35.7 Å². The van der Waals surface area contributed by atoms with Crippen LogP contribution in [0, 0.1) is 5.41 Å². The maximum atomic E-state index is 12.0. The van der Waals surface area contributed by atoms with Crippen molar-refractivity contribution in [3.05, 3.63) is 36.0 Å². The summed E-state index contributed by atoms with van der Waals surface area (Å²) in [6.45, 7) is 4.20. The molecule has 1 aromatic carbocycles. The normalized spacial score (nSPS) is 13.3. The van der Waals surface area contributed by atoms with E-state index in [1.54, 1.807) is 0 Å². The number of aliphatic hydroxyl groups excluding tert-OH is 1. The van der Waals surface area contributed by atoms with Crippen LogP contribution in [0.4, 0.5) is 0 Å². The molecule has 0 bridgehead atoms. The second-order valence-corrected chi connectivity index (χ2v) is 6.21. The molecule has 1 aromatic heterocycles. The van der Waals surface area contributed by atoms with E-state index in [1.807, 2.05) is 44.3 Å². The van der Waals surface area contributed by atoms with Gasteiger partial charge in [-0.05, 0) is 18.1 Å². The van der Waals surface area contributed by atoms with E-state index in [4.69, 9.17) is 5.73 Å². The van der Waals surface area contributed by atoms with Gasteiger partial charge in [0.25, 0.3) is 0 Å². The van der Waals surface area contributed by atoms with Crippen LogP contribution in [0.1, 0.15) is 19.4 Å². The van der Waals surface area contributed by atoms with Crippen LogP contribution in [0.2, 0.25) is 0 Å². The Morgan fingerprint density at radius 2 is 2.14 bits per heavy atom. The number of amides is 1. The quantitative estimate of drug-likeness (QED) is 0.643. The number of nitrogens with one attached hydrogen (secondary N) is 2. The molecular formula is C16H23N3O2. The van der Waals surface area contributed by atoms with E-state index < -0.39 is 6.04 Å². The molecule has 1 unspecified atom stereocenters. The average Bonchev–Trinajstić information content (AvgIpc) is 2.88. The molecular weight excluding hydrogens is 266 g/mol. The van der Waals surface area contributed by atoms with E-state index in [0.29, 0.717) is 13.0 Å². The number of nitrogens with two attached hydrogens (primary N) is 1. The number of carbonyl (C=O) groups is 1. The summed E-state index contributed by atoms with van der Waals surface area (Å²) in [5.41, 5.74) is 7.72. The van der Waals surface area contributed by atoms with Gasteiger partial charge in [-0.15, -0.1) is 0 Å². The summed E-state index contributed by atoms with van der Waals surface area (Å²) in [5, 5.41) is 13.1. The van der Waals surface area contributed by atoms with Crippen molar-refractivity contribution in [3.8, 4) is 0 Å². The first kappa shape index (κ1) is 15.5. The fourth-order valence-corrected chi connectivity index (χ4v) is 2.14. The van der Waals surface area contributed by atoms with Crippen LogP contribution in [-0.4, -0.2) is 35.2 Å². The molecule has 1 amide bonds. The standard InChI is InChI=1S/C16H23N3O2/c1-16(2,10-20)9-19-15(21)13(17)7-11-8-18-14-6-4-3-5-12(11)14/h3-6,8,13,18,20H,7,9-10,17H2,1-2H3,(H,19,21). The van der Waals surface area contributed by atoms with Gasteiger partial charge in [-0.25, -0.2) is 0 Å². The Balaban J connectivity index is 1.98. The fraction of sp³-hybridized carbons (Fsp3) is 0.438. The predicted octanol–water partition coefficient (Wildman–Crippen LogP) is 1.17.